The number of piperazine rings is 1. The molecule has 334 valence electrons. The van der Waals surface area contributed by atoms with Gasteiger partial charge in [0.1, 0.15) is 28.5 Å². The quantitative estimate of drug-likeness (QED) is 0.150. The lowest BCUT2D eigenvalue weighted by molar-refractivity contribution is -0.133. The number of nitrogens with zero attached hydrogens (tertiary/aromatic N) is 11. The van der Waals surface area contributed by atoms with E-state index in [0.29, 0.717) is 76.9 Å². The molecule has 2 aromatic carbocycles. The van der Waals surface area contributed by atoms with E-state index in [1.807, 2.05) is 60.2 Å². The number of fused-ring (bicyclic) bond motifs is 3. The first kappa shape index (κ1) is 44.2. The predicted molar refractivity (Wildman–Crippen MR) is 253 cm³/mol. The van der Waals surface area contributed by atoms with Gasteiger partial charge >= 0.3 is 0 Å². The lowest BCUT2D eigenvalue weighted by Crippen LogP contribution is -2.54. The van der Waals surface area contributed by atoms with Crippen molar-refractivity contribution in [2.45, 2.75) is 72.0 Å². The Morgan fingerprint density at radius 2 is 1.66 bits per heavy atom. The van der Waals surface area contributed by atoms with Crippen molar-refractivity contribution in [1.29, 1.82) is 0 Å². The molecule has 2 N–H and O–H groups in total. The molecule has 9 rings (SSSR count). The first-order valence-electron chi connectivity index (χ1n) is 21.7. The number of hydrogen-bond acceptors (Lipinski definition) is 12. The average Bonchev–Trinajstić information content (AvgIpc) is 3.97. The van der Waals surface area contributed by atoms with Crippen molar-refractivity contribution in [2.24, 2.45) is 9.98 Å². The van der Waals surface area contributed by atoms with E-state index in [9.17, 15) is 9.59 Å². The van der Waals surface area contributed by atoms with E-state index in [0.717, 1.165) is 83.8 Å². The van der Waals surface area contributed by atoms with E-state index in [2.05, 4.69) is 59.1 Å². The maximum absolute atomic E-state index is 14.1. The highest BCUT2D eigenvalue weighted by atomic mass is 35.5. The number of carbonyl (C=O) groups excluding carboxylic acids is 2. The van der Waals surface area contributed by atoms with Crippen molar-refractivity contribution in [3.8, 4) is 5.00 Å². The highest BCUT2D eigenvalue weighted by Gasteiger charge is 2.35. The van der Waals surface area contributed by atoms with Crippen molar-refractivity contribution >= 4 is 81.0 Å². The fraction of sp³-hybridized carbons (Fsp3) is 0.422. The van der Waals surface area contributed by atoms with Crippen LogP contribution in [0.5, 0.6) is 0 Å². The Morgan fingerprint density at radius 3 is 2.41 bits per heavy atom. The molecule has 15 nitrogen and oxygen atoms in total. The number of hydrogen-bond donors (Lipinski definition) is 2. The number of aryl methyl sites for hydroxylation is 3. The number of aliphatic imine (C=N–C) groups is 2. The number of rotatable bonds is 10. The Morgan fingerprint density at radius 1 is 0.891 bits per heavy atom. The van der Waals surface area contributed by atoms with Crippen molar-refractivity contribution in [2.75, 3.05) is 57.4 Å². The third kappa shape index (κ3) is 9.53. The molecule has 0 radical (unpaired) electrons. The van der Waals surface area contributed by atoms with Crippen LogP contribution in [0.2, 0.25) is 15.1 Å². The van der Waals surface area contributed by atoms with E-state index in [1.165, 1.54) is 4.88 Å². The van der Waals surface area contributed by atoms with Crippen LogP contribution < -0.4 is 15.8 Å². The topological polar surface area (TPSA) is 152 Å². The van der Waals surface area contributed by atoms with Crippen LogP contribution in [0.1, 0.15) is 76.5 Å². The van der Waals surface area contributed by atoms with Crippen LogP contribution in [0.4, 0.5) is 11.5 Å². The zero-order chi connectivity index (χ0) is 44.6. The maximum Gasteiger partial charge on any atom is 0.234 e. The maximum atomic E-state index is 14.1. The molecule has 64 heavy (non-hydrogen) atoms. The van der Waals surface area contributed by atoms with Gasteiger partial charge in [0.25, 0.3) is 0 Å². The number of amidine groups is 1. The monoisotopic (exact) mass is 941 g/mol. The molecule has 5 aromatic rings. The van der Waals surface area contributed by atoms with Crippen LogP contribution in [0, 0.1) is 27.7 Å². The van der Waals surface area contributed by atoms with Gasteiger partial charge in [-0.1, -0.05) is 46.9 Å². The van der Waals surface area contributed by atoms with Crippen LogP contribution in [0.3, 0.4) is 0 Å². The third-order valence-electron chi connectivity index (χ3n) is 12.5. The summed E-state index contributed by atoms with van der Waals surface area (Å²) >= 11 is 20.3. The molecule has 0 spiro atoms. The fourth-order valence-corrected chi connectivity index (χ4v) is 10.6. The van der Waals surface area contributed by atoms with E-state index in [1.54, 1.807) is 23.5 Å². The molecule has 19 heteroatoms. The third-order valence-corrected chi connectivity index (χ3v) is 14.7. The number of nitrogens with one attached hydrogen (secondary N) is 2. The highest BCUT2D eigenvalue weighted by Crippen LogP contribution is 2.40. The Labute approximate surface area is 391 Å². The molecule has 2 amide bonds. The predicted octanol–water partition coefficient (Wildman–Crippen LogP) is 6.96. The van der Waals surface area contributed by atoms with Gasteiger partial charge in [-0.15, -0.1) is 21.5 Å². The molecule has 3 fully saturated rings. The summed E-state index contributed by atoms with van der Waals surface area (Å²) in [6, 6.07) is 15.0. The van der Waals surface area contributed by atoms with E-state index in [-0.39, 0.29) is 24.8 Å². The van der Waals surface area contributed by atoms with Gasteiger partial charge in [-0.2, -0.15) is 0 Å². The fourth-order valence-electron chi connectivity index (χ4n) is 8.97. The van der Waals surface area contributed by atoms with Gasteiger partial charge in [0.05, 0.1) is 46.6 Å². The first-order chi connectivity index (χ1) is 30.9. The summed E-state index contributed by atoms with van der Waals surface area (Å²) in [6.45, 7) is 13.9. The second-order valence-corrected chi connectivity index (χ2v) is 19.2. The van der Waals surface area contributed by atoms with Crippen LogP contribution in [0.15, 0.2) is 58.5 Å². The lowest BCUT2D eigenvalue weighted by atomic mass is 9.99. The number of benzene rings is 2. The number of carbonyl (C=O) groups is 2. The Hall–Kier alpha value is -4.97. The van der Waals surface area contributed by atoms with Crippen molar-refractivity contribution in [1.82, 2.24) is 50.2 Å². The van der Waals surface area contributed by atoms with Crippen LogP contribution >= 0.6 is 46.1 Å². The summed E-state index contributed by atoms with van der Waals surface area (Å²) in [5.41, 5.74) is 8.91. The minimum absolute atomic E-state index is 0.0444. The van der Waals surface area contributed by atoms with E-state index >= 15 is 0 Å². The van der Waals surface area contributed by atoms with Crippen LogP contribution in [0.25, 0.3) is 5.00 Å². The number of likely N-dealkylation sites (tertiary alicyclic amines) is 1. The molecule has 3 aromatic heterocycles. The number of anilines is 1. The molecule has 0 aliphatic carbocycles. The van der Waals surface area contributed by atoms with Gasteiger partial charge in [0.2, 0.25) is 11.8 Å². The molecular weight excluding hydrogens is 893 g/mol. The van der Waals surface area contributed by atoms with Crippen molar-refractivity contribution in [3.05, 3.63) is 108 Å². The molecular formula is C45H50Cl3N13O2S. The smallest absolute Gasteiger partial charge is 0.234 e. The second kappa shape index (κ2) is 18.9. The molecule has 0 saturated carbocycles. The van der Waals surface area contributed by atoms with Gasteiger partial charge in [-0.3, -0.25) is 39.4 Å². The van der Waals surface area contributed by atoms with Gasteiger partial charge < -0.3 is 10.2 Å². The summed E-state index contributed by atoms with van der Waals surface area (Å²) in [4.78, 5) is 54.2. The number of amides is 2. The molecule has 1 atom stereocenters. The molecule has 3 saturated heterocycles. The van der Waals surface area contributed by atoms with E-state index in [4.69, 9.17) is 44.8 Å². The summed E-state index contributed by atoms with van der Waals surface area (Å²) in [5.74, 6) is 3.36. The molecule has 0 bridgehead atoms. The number of hydrazine groups is 1. The average molecular weight is 943 g/mol. The van der Waals surface area contributed by atoms with Crippen molar-refractivity contribution in [3.63, 3.8) is 0 Å². The molecule has 0 unspecified atom stereocenters. The standard InChI is InChI=1S/C45H50Cl3N13O2S/c1-26-27(2)64-45-42(26)43(30-5-7-31(46)8-6-30)52-37(44-55-54-29(4)61(44)45)23-41(63)59-19-17-58(18-20-59)33-11-14-57(15-12-33)25-40(62)49-24-32-21-39(51-28(3)50-32)53-38-13-16-60(56-38)34-9-10-35(47)36(48)22-34/h5-10,21-22,33,37H,11-20,23-25H2,1-4H3,(H,49,62)(H,50,51,53,56)/t37-/m0/s1. The number of piperidine rings is 1. The molecule has 4 aliphatic rings. The summed E-state index contributed by atoms with van der Waals surface area (Å²) in [6.07, 6.45) is 2.84. The lowest BCUT2D eigenvalue weighted by Gasteiger charge is -2.42. The van der Waals surface area contributed by atoms with Crippen LogP contribution in [-0.2, 0) is 16.1 Å². The number of thiophene rings is 1. The van der Waals surface area contributed by atoms with Gasteiger partial charge in [0, 0.05) is 85.4 Å². The summed E-state index contributed by atoms with van der Waals surface area (Å²) < 4.78 is 2.09. The Balaban J connectivity index is 0.751. The van der Waals surface area contributed by atoms with Gasteiger partial charge in [0.15, 0.2) is 11.6 Å². The normalized spacial score (nSPS) is 19.0. The molecule has 4 aliphatic heterocycles. The van der Waals surface area contributed by atoms with Gasteiger partial charge in [-0.25, -0.2) is 15.0 Å². The second-order valence-electron chi connectivity index (χ2n) is 16.7. The van der Waals surface area contributed by atoms with Gasteiger partial charge in [-0.05, 0) is 76.4 Å². The summed E-state index contributed by atoms with van der Waals surface area (Å²) in [5, 5.41) is 16.7. The minimum atomic E-state index is -0.496. The number of aromatic nitrogens is 5. The Bertz CT molecular complexity index is 2630. The largest absolute Gasteiger partial charge is 0.349 e. The first-order valence-corrected chi connectivity index (χ1v) is 23.6. The van der Waals surface area contributed by atoms with Crippen LogP contribution in [-0.4, -0.2) is 121 Å². The SMILES string of the molecule is Cc1nc(CNC(=O)CN2CCC(N3CCN(C(=O)C[C@@H]4N=C(c5ccc(Cl)cc5)c5c(sc(C)c5C)-n5c(C)nnc54)CC3)CC2)cc(N=C2CCN(c3ccc(Cl)c(Cl)c3)N2)n1. The zero-order valence-electron chi connectivity index (χ0n) is 36.2. The Kier molecular flexibility index (Phi) is 13.0. The van der Waals surface area contributed by atoms with Crippen molar-refractivity contribution < 1.29 is 9.59 Å². The molecule has 7 heterocycles. The minimum Gasteiger partial charge on any atom is -0.349 e. The van der Waals surface area contributed by atoms with E-state index < -0.39 is 6.04 Å². The number of halogens is 3. The summed E-state index contributed by atoms with van der Waals surface area (Å²) in [7, 11) is 0. The highest BCUT2D eigenvalue weighted by molar-refractivity contribution is 7.15. The zero-order valence-corrected chi connectivity index (χ0v) is 39.3.